The number of hydrogen-bond donors (Lipinski definition) is 2. The van der Waals surface area contributed by atoms with Gasteiger partial charge in [0, 0.05) is 42.4 Å². The van der Waals surface area contributed by atoms with E-state index in [4.69, 9.17) is 14.9 Å². The largest absolute Gasteiger partial charge is 0.493 e. The molecule has 0 radical (unpaired) electrons. The van der Waals surface area contributed by atoms with Gasteiger partial charge >= 0.3 is 6.03 Å². The van der Waals surface area contributed by atoms with E-state index in [1.165, 1.54) is 37.7 Å². The molecule has 2 amide bonds. The summed E-state index contributed by atoms with van der Waals surface area (Å²) in [5.74, 6) is -2.53. The average Bonchev–Trinajstić information content (AvgIpc) is 2.92. The zero-order chi connectivity index (χ0) is 27.6. The number of nitrogens with one attached hydrogen (secondary N) is 2. The Kier molecular flexibility index (Phi) is 7.51. The smallest absolute Gasteiger partial charge is 0.335 e. The van der Waals surface area contributed by atoms with Gasteiger partial charge in [-0.2, -0.15) is 0 Å². The number of carbonyl (C=O) groups excluding carboxylic acids is 1. The lowest BCUT2D eigenvalue weighted by Crippen LogP contribution is -2.46. The maximum Gasteiger partial charge on any atom is 0.335 e. The number of pyridine rings is 1. The molecule has 1 aromatic carbocycles. The summed E-state index contributed by atoms with van der Waals surface area (Å²) in [6.45, 7) is 3.34. The number of amides is 2. The molecule has 10 nitrogen and oxygen atoms in total. The van der Waals surface area contributed by atoms with Crippen molar-refractivity contribution in [1.82, 2.24) is 20.3 Å². The Morgan fingerprint density at radius 2 is 1.79 bits per heavy atom. The number of aromatic nitrogens is 3. The standard InChI is InChI=1S/C26H27F2N7O3/c1-6-16-10-33-22(12-31-16)35-19-7-18(17(11-30-3)14(2)29)32-9-15(19)13-34(26(35)36)25-23(27)20(37-4)8-21(38-5)24(25)28/h7-12,29-30H,6,13H2,1-5H3/b17-11+,29-14?. The Morgan fingerprint density at radius 3 is 2.32 bits per heavy atom. The number of urea groups is 1. The predicted molar refractivity (Wildman–Crippen MR) is 139 cm³/mol. The van der Waals surface area contributed by atoms with Gasteiger partial charge in [-0.3, -0.25) is 14.9 Å². The number of carbonyl (C=O) groups is 1. The molecule has 1 aliphatic heterocycles. The van der Waals surface area contributed by atoms with Gasteiger partial charge in [0.1, 0.15) is 5.69 Å². The Bertz CT molecular complexity index is 1400. The molecule has 0 fully saturated rings. The zero-order valence-electron chi connectivity index (χ0n) is 21.6. The monoisotopic (exact) mass is 523 g/mol. The number of benzene rings is 1. The van der Waals surface area contributed by atoms with Gasteiger partial charge in [-0.05, 0) is 19.4 Å². The lowest BCUT2D eigenvalue weighted by molar-refractivity contribution is 0.251. The van der Waals surface area contributed by atoms with E-state index in [9.17, 15) is 4.79 Å². The van der Waals surface area contributed by atoms with Gasteiger partial charge in [-0.15, -0.1) is 0 Å². The van der Waals surface area contributed by atoms with E-state index in [2.05, 4.69) is 20.3 Å². The second kappa shape index (κ2) is 10.8. The van der Waals surface area contributed by atoms with Crippen molar-refractivity contribution in [1.29, 1.82) is 5.41 Å². The first-order valence-corrected chi connectivity index (χ1v) is 11.7. The Labute approximate surface area is 218 Å². The fourth-order valence-corrected chi connectivity index (χ4v) is 4.08. The zero-order valence-corrected chi connectivity index (χ0v) is 21.6. The van der Waals surface area contributed by atoms with Gasteiger partial charge in [-0.1, -0.05) is 6.92 Å². The molecule has 0 spiro atoms. The van der Waals surface area contributed by atoms with Crippen molar-refractivity contribution < 1.29 is 23.0 Å². The van der Waals surface area contributed by atoms with Crippen LogP contribution in [-0.2, 0) is 13.0 Å². The SMILES string of the molecule is CCc1cnc(N2C(=O)N(c3c(F)c(OC)cc(OC)c3F)Cc3cnc(/C(=C/NC)C(C)=N)cc32)cn1. The van der Waals surface area contributed by atoms with Crippen LogP contribution in [0.2, 0.25) is 0 Å². The first-order chi connectivity index (χ1) is 18.2. The first-order valence-electron chi connectivity index (χ1n) is 11.7. The van der Waals surface area contributed by atoms with Gasteiger partial charge in [0.25, 0.3) is 0 Å². The fraction of sp³-hybridized carbons (Fsp3) is 0.269. The first kappa shape index (κ1) is 26.5. The molecule has 3 aromatic rings. The Hall–Kier alpha value is -4.61. The van der Waals surface area contributed by atoms with Gasteiger partial charge < -0.3 is 20.2 Å². The van der Waals surface area contributed by atoms with Crippen LogP contribution in [0, 0.1) is 17.0 Å². The highest BCUT2D eigenvalue weighted by Crippen LogP contribution is 2.42. The van der Waals surface area contributed by atoms with Crippen molar-refractivity contribution >= 4 is 34.5 Å². The Balaban J connectivity index is 1.95. The van der Waals surface area contributed by atoms with Crippen molar-refractivity contribution in [2.75, 3.05) is 31.1 Å². The number of aryl methyl sites for hydroxylation is 1. The molecule has 2 N–H and O–H groups in total. The molecule has 1 aliphatic rings. The maximum absolute atomic E-state index is 15.4. The van der Waals surface area contributed by atoms with Crippen molar-refractivity contribution in [3.05, 3.63) is 65.5 Å². The van der Waals surface area contributed by atoms with Gasteiger partial charge in [0.05, 0.1) is 50.2 Å². The third-order valence-corrected chi connectivity index (χ3v) is 6.03. The van der Waals surface area contributed by atoms with E-state index < -0.39 is 23.4 Å². The van der Waals surface area contributed by atoms with E-state index in [-0.39, 0.29) is 29.6 Å². The molecule has 4 rings (SSSR count). The molecule has 0 saturated heterocycles. The third-order valence-electron chi connectivity index (χ3n) is 6.03. The number of methoxy groups -OCH3 is 2. The summed E-state index contributed by atoms with van der Waals surface area (Å²) < 4.78 is 41.0. The van der Waals surface area contributed by atoms with Crippen molar-refractivity contribution in [2.24, 2.45) is 0 Å². The molecule has 0 unspecified atom stereocenters. The fourth-order valence-electron chi connectivity index (χ4n) is 4.08. The second-order valence-corrected chi connectivity index (χ2v) is 8.35. The normalized spacial score (nSPS) is 13.3. The number of rotatable bonds is 8. The number of halogens is 2. The molecule has 2 aromatic heterocycles. The van der Waals surface area contributed by atoms with E-state index in [1.54, 1.807) is 26.2 Å². The van der Waals surface area contributed by atoms with Crippen LogP contribution in [0.25, 0.3) is 5.57 Å². The average molecular weight is 524 g/mol. The van der Waals surface area contributed by atoms with Crippen LogP contribution < -0.4 is 24.6 Å². The number of nitrogens with zero attached hydrogens (tertiary/aromatic N) is 5. The van der Waals surface area contributed by atoms with Gasteiger partial charge in [0.2, 0.25) is 0 Å². The molecule has 0 saturated carbocycles. The van der Waals surface area contributed by atoms with Gasteiger partial charge in [-0.25, -0.2) is 23.5 Å². The van der Waals surface area contributed by atoms with Crippen LogP contribution in [-0.4, -0.2) is 48.0 Å². The lowest BCUT2D eigenvalue weighted by atomic mass is 10.0. The molecule has 198 valence electrons. The highest BCUT2D eigenvalue weighted by molar-refractivity contribution is 6.21. The van der Waals surface area contributed by atoms with Crippen LogP contribution >= 0.6 is 0 Å². The van der Waals surface area contributed by atoms with Crippen molar-refractivity contribution in [3.8, 4) is 11.5 Å². The second-order valence-electron chi connectivity index (χ2n) is 8.35. The summed E-state index contributed by atoms with van der Waals surface area (Å²) >= 11 is 0. The van der Waals surface area contributed by atoms with Gasteiger partial charge in [0.15, 0.2) is 29.0 Å². The number of allylic oxidation sites excluding steroid dienone is 1. The van der Waals surface area contributed by atoms with Crippen LogP contribution in [0.1, 0.15) is 30.8 Å². The molecule has 0 atom stereocenters. The van der Waals surface area contributed by atoms with Crippen LogP contribution in [0.15, 0.2) is 36.9 Å². The topological polar surface area (TPSA) is 117 Å². The number of hydrogen-bond acceptors (Lipinski definition) is 8. The number of anilines is 3. The number of ether oxygens (including phenoxy) is 2. The maximum atomic E-state index is 15.4. The minimum absolute atomic E-state index is 0.150. The van der Waals surface area contributed by atoms with Crippen molar-refractivity contribution in [2.45, 2.75) is 26.8 Å². The summed E-state index contributed by atoms with van der Waals surface area (Å²) in [4.78, 5) is 29.3. The number of fused-ring (bicyclic) bond motifs is 1. The summed E-state index contributed by atoms with van der Waals surface area (Å²) in [7, 11) is 4.17. The molecule has 3 heterocycles. The van der Waals surface area contributed by atoms with E-state index in [0.717, 1.165) is 11.0 Å². The molecule has 0 aliphatic carbocycles. The molecule has 0 bridgehead atoms. The summed E-state index contributed by atoms with van der Waals surface area (Å²) in [6.07, 6.45) is 6.73. The van der Waals surface area contributed by atoms with Crippen LogP contribution in [0.5, 0.6) is 11.5 Å². The third kappa shape index (κ3) is 4.60. The van der Waals surface area contributed by atoms with Crippen LogP contribution in [0.3, 0.4) is 0 Å². The summed E-state index contributed by atoms with van der Waals surface area (Å²) in [5.41, 5.74) is 2.15. The summed E-state index contributed by atoms with van der Waals surface area (Å²) in [5, 5.41) is 11.0. The lowest BCUT2D eigenvalue weighted by Gasteiger charge is -2.36. The quantitative estimate of drug-likeness (QED) is 0.414. The highest BCUT2D eigenvalue weighted by atomic mass is 19.1. The van der Waals surface area contributed by atoms with E-state index in [1.807, 2.05) is 6.92 Å². The highest BCUT2D eigenvalue weighted by Gasteiger charge is 2.38. The minimum atomic E-state index is -1.06. The molecule has 38 heavy (non-hydrogen) atoms. The molecule has 12 heteroatoms. The molecular weight excluding hydrogens is 496 g/mol. The van der Waals surface area contributed by atoms with Crippen molar-refractivity contribution in [3.63, 3.8) is 0 Å². The van der Waals surface area contributed by atoms with E-state index in [0.29, 0.717) is 34.6 Å². The summed E-state index contributed by atoms with van der Waals surface area (Å²) in [6, 6.07) is 1.94. The van der Waals surface area contributed by atoms with E-state index >= 15 is 8.78 Å². The Morgan fingerprint density at radius 1 is 1.11 bits per heavy atom. The molecular formula is C26H27F2N7O3. The minimum Gasteiger partial charge on any atom is -0.493 e. The van der Waals surface area contributed by atoms with Crippen LogP contribution in [0.4, 0.5) is 30.8 Å². The predicted octanol–water partition coefficient (Wildman–Crippen LogP) is 4.61.